The molecule has 1 heterocycles. The first kappa shape index (κ1) is 20.9. The van der Waals surface area contributed by atoms with E-state index in [0.717, 1.165) is 18.1 Å². The van der Waals surface area contributed by atoms with Crippen LogP contribution in [0, 0.1) is 17.5 Å². The average molecular weight is 446 g/mol. The Morgan fingerprint density at radius 3 is 2.35 bits per heavy atom. The van der Waals surface area contributed by atoms with Crippen LogP contribution in [0.5, 0.6) is 0 Å². The van der Waals surface area contributed by atoms with E-state index in [1.54, 1.807) is 12.1 Å². The Balaban J connectivity index is 1.57. The second kappa shape index (κ2) is 8.07. The molecule has 4 rings (SSSR count). The number of nitrogens with zero attached hydrogens (tertiary/aromatic N) is 1. The monoisotopic (exact) mass is 446 g/mol. The fourth-order valence-corrected chi connectivity index (χ4v) is 5.01. The zero-order valence-electron chi connectivity index (χ0n) is 16.1. The maximum absolute atomic E-state index is 13.8. The fraction of sp³-hybridized carbons (Fsp3) is 0.136. The molecule has 0 unspecified atom stereocenters. The Hall–Kier alpha value is -3.33. The van der Waals surface area contributed by atoms with E-state index in [0.29, 0.717) is 24.7 Å². The quantitative estimate of drug-likeness (QED) is 0.601. The van der Waals surface area contributed by atoms with Crippen LogP contribution in [-0.4, -0.2) is 20.9 Å². The highest BCUT2D eigenvalue weighted by Gasteiger charge is 2.29. The van der Waals surface area contributed by atoms with Crippen molar-refractivity contribution < 1.29 is 26.4 Å². The molecule has 0 spiro atoms. The summed E-state index contributed by atoms with van der Waals surface area (Å²) in [5, 5.41) is 2.15. The van der Waals surface area contributed by atoms with E-state index in [2.05, 4.69) is 5.32 Å². The number of amides is 1. The van der Waals surface area contributed by atoms with E-state index in [1.807, 2.05) is 12.1 Å². The van der Waals surface area contributed by atoms with Gasteiger partial charge in [0, 0.05) is 12.1 Å². The van der Waals surface area contributed by atoms with Crippen LogP contribution in [0.2, 0.25) is 0 Å². The third kappa shape index (κ3) is 3.88. The molecule has 0 saturated carbocycles. The van der Waals surface area contributed by atoms with Crippen molar-refractivity contribution in [2.24, 2.45) is 0 Å². The Labute approximate surface area is 177 Å². The minimum absolute atomic E-state index is 0.000222. The normalized spacial score (nSPS) is 13.6. The summed E-state index contributed by atoms with van der Waals surface area (Å²) >= 11 is 0. The topological polar surface area (TPSA) is 66.5 Å². The summed E-state index contributed by atoms with van der Waals surface area (Å²) in [5.74, 6) is -5.38. The molecule has 0 saturated heterocycles. The molecule has 0 atom stereocenters. The van der Waals surface area contributed by atoms with Crippen molar-refractivity contribution in [3.05, 3.63) is 89.2 Å². The molecule has 1 N–H and O–H groups in total. The molecular formula is C22H17F3N2O3S. The van der Waals surface area contributed by atoms with Crippen LogP contribution < -0.4 is 9.62 Å². The number of hydrogen-bond acceptors (Lipinski definition) is 3. The van der Waals surface area contributed by atoms with Crippen LogP contribution in [0.1, 0.15) is 22.3 Å². The van der Waals surface area contributed by atoms with Gasteiger partial charge in [-0.1, -0.05) is 18.2 Å². The standard InChI is InChI=1S/C22H17F3N2O3S/c23-17-11-12-18(21(25)20(17)24)26-22(28)15-7-9-16(10-8-15)31(29,30)27-13-3-5-14-4-1-2-6-19(14)27/h1-2,4,6-12H,3,5,13H2,(H,26,28). The summed E-state index contributed by atoms with van der Waals surface area (Å²) < 4.78 is 67.8. The number of aryl methyl sites for hydroxylation is 1. The molecule has 0 bridgehead atoms. The molecule has 0 aromatic heterocycles. The molecular weight excluding hydrogens is 429 g/mol. The number of anilines is 2. The van der Waals surface area contributed by atoms with Gasteiger partial charge >= 0.3 is 0 Å². The average Bonchev–Trinajstić information content (AvgIpc) is 2.79. The number of rotatable bonds is 4. The minimum Gasteiger partial charge on any atom is -0.319 e. The minimum atomic E-state index is -3.84. The maximum atomic E-state index is 13.8. The third-order valence-corrected chi connectivity index (χ3v) is 6.88. The van der Waals surface area contributed by atoms with Crippen molar-refractivity contribution >= 4 is 27.3 Å². The van der Waals surface area contributed by atoms with E-state index in [-0.39, 0.29) is 10.5 Å². The van der Waals surface area contributed by atoms with Crippen molar-refractivity contribution in [3.63, 3.8) is 0 Å². The molecule has 3 aromatic rings. The van der Waals surface area contributed by atoms with Gasteiger partial charge in [0.15, 0.2) is 17.5 Å². The van der Waals surface area contributed by atoms with Crippen molar-refractivity contribution in [1.29, 1.82) is 0 Å². The molecule has 1 aliphatic heterocycles. The largest absolute Gasteiger partial charge is 0.319 e. The van der Waals surface area contributed by atoms with Gasteiger partial charge in [0.2, 0.25) is 0 Å². The summed E-state index contributed by atoms with van der Waals surface area (Å²) in [6, 6.07) is 14.0. The Bertz CT molecular complexity index is 1260. The van der Waals surface area contributed by atoms with Crippen molar-refractivity contribution in [2.45, 2.75) is 17.7 Å². The van der Waals surface area contributed by atoms with Crippen molar-refractivity contribution in [1.82, 2.24) is 0 Å². The predicted molar refractivity (Wildman–Crippen MR) is 110 cm³/mol. The molecule has 1 aliphatic rings. The van der Waals surface area contributed by atoms with Crippen LogP contribution in [0.3, 0.4) is 0 Å². The van der Waals surface area contributed by atoms with Gasteiger partial charge in [0.25, 0.3) is 15.9 Å². The van der Waals surface area contributed by atoms with E-state index >= 15 is 0 Å². The number of fused-ring (bicyclic) bond motifs is 1. The Kier molecular flexibility index (Phi) is 5.45. The number of para-hydroxylation sites is 1. The highest BCUT2D eigenvalue weighted by molar-refractivity contribution is 7.92. The summed E-state index contributed by atoms with van der Waals surface area (Å²) in [6.45, 7) is 0.344. The second-order valence-corrected chi connectivity index (χ2v) is 8.87. The Morgan fingerprint density at radius 2 is 1.61 bits per heavy atom. The van der Waals surface area contributed by atoms with Crippen LogP contribution in [-0.2, 0) is 16.4 Å². The molecule has 5 nitrogen and oxygen atoms in total. The molecule has 3 aromatic carbocycles. The summed E-state index contributed by atoms with van der Waals surface area (Å²) in [5.41, 5.74) is 1.08. The van der Waals surface area contributed by atoms with Gasteiger partial charge in [0.05, 0.1) is 16.3 Å². The number of carbonyl (C=O) groups is 1. The molecule has 0 fully saturated rings. The number of benzene rings is 3. The number of nitrogens with one attached hydrogen (secondary N) is 1. The van der Waals surface area contributed by atoms with Gasteiger partial charge in [-0.2, -0.15) is 0 Å². The zero-order chi connectivity index (χ0) is 22.2. The first-order valence-corrected chi connectivity index (χ1v) is 10.9. The van der Waals surface area contributed by atoms with Crippen molar-refractivity contribution in [2.75, 3.05) is 16.2 Å². The lowest BCUT2D eigenvalue weighted by molar-refractivity contribution is 0.102. The fourth-order valence-electron chi connectivity index (χ4n) is 3.47. The van der Waals surface area contributed by atoms with E-state index in [9.17, 15) is 26.4 Å². The first-order valence-electron chi connectivity index (χ1n) is 9.44. The van der Waals surface area contributed by atoms with Crippen LogP contribution in [0.25, 0.3) is 0 Å². The van der Waals surface area contributed by atoms with Crippen LogP contribution >= 0.6 is 0 Å². The summed E-state index contributed by atoms with van der Waals surface area (Å²) in [6.07, 6.45) is 1.48. The number of carbonyl (C=O) groups excluding carboxylic acids is 1. The van der Waals surface area contributed by atoms with Crippen molar-refractivity contribution in [3.8, 4) is 0 Å². The predicted octanol–water partition coefficient (Wildman–Crippen LogP) is 4.50. The van der Waals surface area contributed by atoms with Gasteiger partial charge in [-0.25, -0.2) is 21.6 Å². The highest BCUT2D eigenvalue weighted by atomic mass is 32.2. The number of hydrogen-bond donors (Lipinski definition) is 1. The molecule has 160 valence electrons. The van der Waals surface area contributed by atoms with E-state index in [1.165, 1.54) is 28.6 Å². The zero-order valence-corrected chi connectivity index (χ0v) is 16.9. The second-order valence-electron chi connectivity index (χ2n) is 7.01. The maximum Gasteiger partial charge on any atom is 0.264 e. The summed E-state index contributed by atoms with van der Waals surface area (Å²) in [4.78, 5) is 12.3. The number of halogens is 3. The molecule has 31 heavy (non-hydrogen) atoms. The highest BCUT2D eigenvalue weighted by Crippen LogP contribution is 2.32. The Morgan fingerprint density at radius 1 is 0.903 bits per heavy atom. The lowest BCUT2D eigenvalue weighted by atomic mass is 10.0. The molecule has 0 aliphatic carbocycles. The van der Waals surface area contributed by atoms with Gasteiger partial charge < -0.3 is 5.32 Å². The SMILES string of the molecule is O=C(Nc1ccc(F)c(F)c1F)c1ccc(S(=O)(=O)N2CCCc3ccccc32)cc1. The van der Waals surface area contributed by atoms with Gasteiger partial charge in [-0.05, 0) is 60.9 Å². The van der Waals surface area contributed by atoms with Gasteiger partial charge in [0.1, 0.15) is 0 Å². The molecule has 0 radical (unpaired) electrons. The molecule has 9 heteroatoms. The third-order valence-electron chi connectivity index (χ3n) is 5.06. The number of sulfonamides is 1. The smallest absolute Gasteiger partial charge is 0.264 e. The first-order chi connectivity index (χ1) is 14.8. The van der Waals surface area contributed by atoms with Crippen LogP contribution in [0.15, 0.2) is 65.6 Å². The van der Waals surface area contributed by atoms with Gasteiger partial charge in [-0.3, -0.25) is 9.10 Å². The summed E-state index contributed by atoms with van der Waals surface area (Å²) in [7, 11) is -3.84. The van der Waals surface area contributed by atoms with E-state index in [4.69, 9.17) is 0 Å². The van der Waals surface area contributed by atoms with E-state index < -0.39 is 39.1 Å². The lowest BCUT2D eigenvalue weighted by Crippen LogP contribution is -2.35. The molecule has 1 amide bonds. The van der Waals surface area contributed by atoms with Crippen LogP contribution in [0.4, 0.5) is 24.5 Å². The lowest BCUT2D eigenvalue weighted by Gasteiger charge is -2.30. The van der Waals surface area contributed by atoms with Gasteiger partial charge in [-0.15, -0.1) is 0 Å².